The molecular formula is C27H28N4O4. The normalized spacial score (nSPS) is 15.8. The van der Waals surface area contributed by atoms with Crippen LogP contribution in [-0.4, -0.2) is 64.8 Å². The molecule has 0 bridgehead atoms. The zero-order valence-corrected chi connectivity index (χ0v) is 19.8. The highest BCUT2D eigenvalue weighted by atomic mass is 16.6. The molecule has 5 rings (SSSR count). The van der Waals surface area contributed by atoms with E-state index in [1.165, 1.54) is 0 Å². The molecule has 8 heteroatoms. The number of methoxy groups -OCH3 is 1. The molecule has 1 saturated heterocycles. The van der Waals surface area contributed by atoms with Crippen LogP contribution in [0.15, 0.2) is 60.8 Å². The van der Waals surface area contributed by atoms with Crippen molar-refractivity contribution >= 4 is 27.9 Å². The van der Waals surface area contributed by atoms with Crippen LogP contribution in [0.4, 0.5) is 4.79 Å². The Kier molecular flexibility index (Phi) is 6.37. The molecule has 1 fully saturated rings. The highest BCUT2D eigenvalue weighted by Gasteiger charge is 2.33. The minimum Gasteiger partial charge on any atom is -0.508 e. The van der Waals surface area contributed by atoms with E-state index in [9.17, 15) is 9.90 Å². The predicted octanol–water partition coefficient (Wildman–Crippen LogP) is 4.51. The molecule has 0 spiro atoms. The quantitative estimate of drug-likeness (QED) is 0.404. The van der Waals surface area contributed by atoms with Gasteiger partial charge in [-0.2, -0.15) is 0 Å². The standard InChI is InChI=1S/C27H28N4O4/c1-30(16-19-8-7-18-15-20(32)9-10-23(18)29-19)13-4-14-31-17-25(35-27(31)33)21-11-12-28-26-22(21)5-3-6-24(26)34-2/h3,5-12,15,25,32H,4,13-14,16-17H2,1-2H3. The van der Waals surface area contributed by atoms with Crippen LogP contribution >= 0.6 is 0 Å². The number of aromatic nitrogens is 2. The number of para-hydroxylation sites is 1. The number of rotatable bonds is 8. The number of benzene rings is 2. The molecular weight excluding hydrogens is 444 g/mol. The third kappa shape index (κ3) is 4.83. The summed E-state index contributed by atoms with van der Waals surface area (Å²) in [5, 5.41) is 11.5. The number of amides is 1. The van der Waals surface area contributed by atoms with Gasteiger partial charge in [0.25, 0.3) is 0 Å². The van der Waals surface area contributed by atoms with Crippen LogP contribution in [0.1, 0.15) is 23.8 Å². The van der Waals surface area contributed by atoms with Gasteiger partial charge in [-0.1, -0.05) is 18.2 Å². The fraction of sp³-hybridized carbons (Fsp3) is 0.296. The number of nitrogens with zero attached hydrogens (tertiary/aromatic N) is 4. The number of aromatic hydroxyl groups is 1. The smallest absolute Gasteiger partial charge is 0.410 e. The first-order valence-corrected chi connectivity index (χ1v) is 11.7. The number of pyridine rings is 2. The van der Waals surface area contributed by atoms with Gasteiger partial charge >= 0.3 is 6.09 Å². The molecule has 8 nitrogen and oxygen atoms in total. The summed E-state index contributed by atoms with van der Waals surface area (Å²) in [6.45, 7) is 2.65. The van der Waals surface area contributed by atoms with Gasteiger partial charge in [-0.15, -0.1) is 0 Å². The summed E-state index contributed by atoms with van der Waals surface area (Å²) in [6.07, 6.45) is 1.93. The Morgan fingerprint density at radius 1 is 1.20 bits per heavy atom. The van der Waals surface area contributed by atoms with E-state index >= 15 is 0 Å². The maximum atomic E-state index is 12.6. The molecule has 1 aliphatic heterocycles. The Balaban J connectivity index is 1.17. The van der Waals surface area contributed by atoms with Crippen LogP contribution in [0, 0.1) is 0 Å². The van der Waals surface area contributed by atoms with Crippen LogP contribution in [0.2, 0.25) is 0 Å². The van der Waals surface area contributed by atoms with Crippen molar-refractivity contribution in [2.75, 3.05) is 33.8 Å². The summed E-state index contributed by atoms with van der Waals surface area (Å²) < 4.78 is 11.2. The fourth-order valence-electron chi connectivity index (χ4n) is 4.60. The van der Waals surface area contributed by atoms with Gasteiger partial charge in [0.15, 0.2) is 0 Å². The monoisotopic (exact) mass is 472 g/mol. The zero-order valence-electron chi connectivity index (χ0n) is 19.8. The largest absolute Gasteiger partial charge is 0.508 e. The molecule has 3 heterocycles. The van der Waals surface area contributed by atoms with Crippen LogP contribution in [0.25, 0.3) is 21.8 Å². The van der Waals surface area contributed by atoms with Crippen molar-refractivity contribution in [2.24, 2.45) is 0 Å². The van der Waals surface area contributed by atoms with Gasteiger partial charge in [-0.25, -0.2) is 4.79 Å². The number of cyclic esters (lactones) is 1. The molecule has 1 atom stereocenters. The highest BCUT2D eigenvalue weighted by Crippen LogP contribution is 2.33. The molecule has 35 heavy (non-hydrogen) atoms. The van der Waals surface area contributed by atoms with Crippen molar-refractivity contribution in [3.05, 3.63) is 72.1 Å². The minimum absolute atomic E-state index is 0.240. The topological polar surface area (TPSA) is 88.0 Å². The Labute approximate surface area is 203 Å². The average molecular weight is 473 g/mol. The second-order valence-corrected chi connectivity index (χ2v) is 8.85. The number of ether oxygens (including phenoxy) is 2. The lowest BCUT2D eigenvalue weighted by atomic mass is 10.0. The SMILES string of the molecule is COc1cccc2c(C3CN(CCCN(C)Cc4ccc5cc(O)ccc5n4)C(=O)O3)ccnc12. The number of fused-ring (bicyclic) bond motifs is 2. The Bertz CT molecular complexity index is 1380. The summed E-state index contributed by atoms with van der Waals surface area (Å²) in [5.74, 6) is 0.941. The van der Waals surface area contributed by atoms with E-state index < -0.39 is 0 Å². The molecule has 1 aliphatic rings. The summed E-state index contributed by atoms with van der Waals surface area (Å²) in [6, 6.07) is 16.8. The number of carbonyl (C=O) groups is 1. The molecule has 1 unspecified atom stereocenters. The number of carbonyl (C=O) groups excluding carboxylic acids is 1. The second-order valence-electron chi connectivity index (χ2n) is 8.85. The molecule has 2 aromatic carbocycles. The van der Waals surface area contributed by atoms with E-state index in [0.29, 0.717) is 25.4 Å². The van der Waals surface area contributed by atoms with Crippen molar-refractivity contribution in [1.29, 1.82) is 0 Å². The van der Waals surface area contributed by atoms with E-state index in [1.807, 2.05) is 49.5 Å². The molecule has 0 saturated carbocycles. The Morgan fingerprint density at radius 2 is 2.09 bits per heavy atom. The summed E-state index contributed by atoms with van der Waals surface area (Å²) in [4.78, 5) is 25.6. The fourth-order valence-corrected chi connectivity index (χ4v) is 4.60. The second kappa shape index (κ2) is 9.76. The van der Waals surface area contributed by atoms with Crippen LogP contribution in [0.5, 0.6) is 11.5 Å². The molecule has 4 aromatic rings. The Morgan fingerprint density at radius 3 is 2.94 bits per heavy atom. The third-order valence-corrected chi connectivity index (χ3v) is 6.35. The molecule has 0 aliphatic carbocycles. The molecule has 1 N–H and O–H groups in total. The van der Waals surface area contributed by atoms with E-state index in [0.717, 1.165) is 46.0 Å². The van der Waals surface area contributed by atoms with Crippen LogP contribution in [-0.2, 0) is 11.3 Å². The average Bonchev–Trinajstić information content (AvgIpc) is 3.23. The maximum absolute atomic E-state index is 12.6. The molecule has 180 valence electrons. The predicted molar refractivity (Wildman–Crippen MR) is 133 cm³/mol. The summed E-state index contributed by atoms with van der Waals surface area (Å²) in [7, 11) is 3.67. The van der Waals surface area contributed by atoms with Gasteiger partial charge in [0, 0.05) is 35.6 Å². The van der Waals surface area contributed by atoms with Gasteiger partial charge in [0.1, 0.15) is 23.1 Å². The van der Waals surface area contributed by atoms with Crippen molar-refractivity contribution in [3.8, 4) is 11.5 Å². The lowest BCUT2D eigenvalue weighted by Gasteiger charge is -2.19. The first kappa shape index (κ1) is 22.9. The lowest BCUT2D eigenvalue weighted by Crippen LogP contribution is -2.29. The van der Waals surface area contributed by atoms with Crippen molar-refractivity contribution in [3.63, 3.8) is 0 Å². The van der Waals surface area contributed by atoms with E-state index in [1.54, 1.807) is 30.3 Å². The van der Waals surface area contributed by atoms with Gasteiger partial charge < -0.3 is 24.4 Å². The number of phenolic OH excluding ortho intramolecular Hbond substituents is 1. The van der Waals surface area contributed by atoms with E-state index in [4.69, 9.17) is 9.47 Å². The lowest BCUT2D eigenvalue weighted by molar-refractivity contribution is 0.132. The Hall–Kier alpha value is -3.91. The maximum Gasteiger partial charge on any atom is 0.410 e. The summed E-state index contributed by atoms with van der Waals surface area (Å²) >= 11 is 0. The van der Waals surface area contributed by atoms with Gasteiger partial charge in [0.05, 0.1) is 24.9 Å². The van der Waals surface area contributed by atoms with Crippen molar-refractivity contribution in [2.45, 2.75) is 19.1 Å². The van der Waals surface area contributed by atoms with Gasteiger partial charge in [-0.3, -0.25) is 9.97 Å². The van der Waals surface area contributed by atoms with E-state index in [-0.39, 0.29) is 17.9 Å². The molecule has 2 aromatic heterocycles. The van der Waals surface area contributed by atoms with Crippen LogP contribution in [0.3, 0.4) is 0 Å². The zero-order chi connectivity index (χ0) is 24.4. The van der Waals surface area contributed by atoms with E-state index in [2.05, 4.69) is 14.9 Å². The third-order valence-electron chi connectivity index (χ3n) is 6.35. The first-order chi connectivity index (χ1) is 17.0. The minimum atomic E-state index is -0.334. The molecule has 1 amide bonds. The van der Waals surface area contributed by atoms with Crippen molar-refractivity contribution in [1.82, 2.24) is 19.8 Å². The summed E-state index contributed by atoms with van der Waals surface area (Å²) in [5.41, 5.74) is 3.53. The van der Waals surface area contributed by atoms with Crippen LogP contribution < -0.4 is 4.74 Å². The number of phenols is 1. The first-order valence-electron chi connectivity index (χ1n) is 11.7. The number of hydrogen-bond acceptors (Lipinski definition) is 7. The van der Waals surface area contributed by atoms with Crippen molar-refractivity contribution < 1.29 is 19.4 Å². The van der Waals surface area contributed by atoms with Gasteiger partial charge in [-0.05, 0) is 56.4 Å². The highest BCUT2D eigenvalue weighted by molar-refractivity contribution is 5.88. The molecule has 0 radical (unpaired) electrons. The number of hydrogen-bond donors (Lipinski definition) is 1. The van der Waals surface area contributed by atoms with Gasteiger partial charge in [0.2, 0.25) is 0 Å².